The highest BCUT2D eigenvalue weighted by atomic mass is 19.1. The first-order valence-corrected chi connectivity index (χ1v) is 10.3. The van der Waals surface area contributed by atoms with Gasteiger partial charge in [-0.3, -0.25) is 4.79 Å². The molecule has 2 aromatic carbocycles. The lowest BCUT2D eigenvalue weighted by molar-refractivity contribution is -0.121. The molecule has 3 aromatic rings. The minimum absolute atomic E-state index is 0.0984. The first kappa shape index (κ1) is 19.5. The number of nitrogens with one attached hydrogen (secondary N) is 1. The van der Waals surface area contributed by atoms with E-state index >= 15 is 0 Å². The van der Waals surface area contributed by atoms with Crippen LogP contribution in [0, 0.1) is 12.7 Å². The summed E-state index contributed by atoms with van der Waals surface area (Å²) < 4.78 is 27.4. The molecule has 0 radical (unpaired) electrons. The molecule has 1 aliphatic carbocycles. The lowest BCUT2D eigenvalue weighted by Crippen LogP contribution is -2.38. The molecule has 0 bridgehead atoms. The zero-order valence-electron chi connectivity index (χ0n) is 17.1. The summed E-state index contributed by atoms with van der Waals surface area (Å²) >= 11 is 0. The molecule has 1 aliphatic heterocycles. The highest BCUT2D eigenvalue weighted by molar-refractivity contribution is 5.99. The van der Waals surface area contributed by atoms with Crippen LogP contribution >= 0.6 is 0 Å². The molecule has 1 aromatic heterocycles. The number of nitrogens with zero attached hydrogens (tertiary/aromatic N) is 4. The van der Waals surface area contributed by atoms with Crippen LogP contribution in [0.3, 0.4) is 0 Å². The summed E-state index contributed by atoms with van der Waals surface area (Å²) in [5.74, 6) is 1.14. The molecule has 0 spiro atoms. The third kappa shape index (κ3) is 3.39. The topological polar surface area (TPSA) is 91.2 Å². The van der Waals surface area contributed by atoms with Crippen LogP contribution in [0.25, 0.3) is 5.69 Å². The molecule has 160 valence electrons. The number of tetrazole rings is 1. The van der Waals surface area contributed by atoms with Crippen molar-refractivity contribution < 1.29 is 18.7 Å². The number of aromatic nitrogens is 4. The van der Waals surface area contributed by atoms with Gasteiger partial charge in [0.05, 0.1) is 16.8 Å². The van der Waals surface area contributed by atoms with Crippen LogP contribution in [0.4, 0.5) is 10.1 Å². The molecule has 0 atom stereocenters. The quantitative estimate of drug-likeness (QED) is 0.692. The normalized spacial score (nSPS) is 16.8. The monoisotopic (exact) mass is 423 g/mol. The number of anilines is 1. The Morgan fingerprint density at radius 2 is 1.87 bits per heavy atom. The number of benzene rings is 2. The Hall–Kier alpha value is -3.49. The summed E-state index contributed by atoms with van der Waals surface area (Å²) in [6.07, 6.45) is 3.22. The molecule has 31 heavy (non-hydrogen) atoms. The lowest BCUT2D eigenvalue weighted by Gasteiger charge is -2.30. The van der Waals surface area contributed by atoms with E-state index in [4.69, 9.17) is 9.47 Å². The maximum atomic E-state index is 14.6. The van der Waals surface area contributed by atoms with E-state index in [1.807, 2.05) is 18.2 Å². The minimum atomic E-state index is -0.747. The van der Waals surface area contributed by atoms with Crippen LogP contribution < -0.4 is 14.8 Å². The van der Waals surface area contributed by atoms with Gasteiger partial charge in [0.2, 0.25) is 5.91 Å². The Kier molecular flexibility index (Phi) is 4.80. The number of hydrogen-bond donors (Lipinski definition) is 1. The van der Waals surface area contributed by atoms with E-state index in [1.54, 1.807) is 19.1 Å². The Morgan fingerprint density at radius 3 is 2.61 bits per heavy atom. The first-order valence-electron chi connectivity index (χ1n) is 10.3. The fourth-order valence-corrected chi connectivity index (χ4v) is 4.42. The van der Waals surface area contributed by atoms with Gasteiger partial charge in [-0.2, -0.15) is 4.68 Å². The van der Waals surface area contributed by atoms with Crippen molar-refractivity contribution in [1.82, 2.24) is 20.2 Å². The average molecular weight is 423 g/mol. The molecule has 9 heteroatoms. The summed E-state index contributed by atoms with van der Waals surface area (Å²) in [5.41, 5.74) is 0.781. The lowest BCUT2D eigenvalue weighted by atomic mass is 9.77. The Morgan fingerprint density at radius 1 is 1.10 bits per heavy atom. The molecule has 1 N–H and O–H groups in total. The van der Waals surface area contributed by atoms with Crippen molar-refractivity contribution in [2.75, 3.05) is 18.5 Å². The second kappa shape index (κ2) is 7.64. The summed E-state index contributed by atoms with van der Waals surface area (Å²) in [6.45, 7) is 2.73. The van der Waals surface area contributed by atoms with E-state index in [9.17, 15) is 9.18 Å². The van der Waals surface area contributed by atoms with E-state index in [-0.39, 0.29) is 11.6 Å². The van der Waals surface area contributed by atoms with Crippen molar-refractivity contribution in [3.63, 3.8) is 0 Å². The van der Waals surface area contributed by atoms with E-state index in [2.05, 4.69) is 20.8 Å². The predicted molar refractivity (Wildman–Crippen MR) is 110 cm³/mol. The highest BCUT2D eigenvalue weighted by Gasteiger charge is 2.43. The van der Waals surface area contributed by atoms with Crippen molar-refractivity contribution in [2.24, 2.45) is 0 Å². The van der Waals surface area contributed by atoms with E-state index in [0.29, 0.717) is 49.1 Å². The van der Waals surface area contributed by atoms with Crippen LogP contribution in [0.1, 0.15) is 37.1 Å². The fraction of sp³-hybridized carbons (Fsp3) is 0.364. The van der Waals surface area contributed by atoms with E-state index in [0.717, 1.165) is 18.4 Å². The van der Waals surface area contributed by atoms with Gasteiger partial charge in [-0.15, -0.1) is 5.10 Å². The van der Waals surface area contributed by atoms with Crippen molar-refractivity contribution >= 4 is 11.6 Å². The largest absolute Gasteiger partial charge is 0.486 e. The van der Waals surface area contributed by atoms with Crippen LogP contribution in [0.2, 0.25) is 0 Å². The standard InChI is InChI=1S/C22H22FN5O3/c1-14-25-26-27-28(14)16-5-6-17(23)18(13-16)24-21(29)22(8-2-3-9-22)15-4-7-19-20(12-15)31-11-10-30-19/h4-7,12-13H,2-3,8-11H2,1H3,(H,24,29). The van der Waals surface area contributed by atoms with Crippen molar-refractivity contribution in [1.29, 1.82) is 0 Å². The van der Waals surface area contributed by atoms with Gasteiger partial charge in [0.15, 0.2) is 17.3 Å². The first-order chi connectivity index (χ1) is 15.1. The summed E-state index contributed by atoms with van der Waals surface area (Å²) in [7, 11) is 0. The number of ether oxygens (including phenoxy) is 2. The summed E-state index contributed by atoms with van der Waals surface area (Å²) in [5, 5.41) is 14.2. The number of hydrogen-bond acceptors (Lipinski definition) is 6. The number of rotatable bonds is 4. The van der Waals surface area contributed by atoms with Gasteiger partial charge < -0.3 is 14.8 Å². The average Bonchev–Trinajstić information content (AvgIpc) is 3.45. The molecule has 2 heterocycles. The Bertz CT molecular complexity index is 1140. The molecule has 5 rings (SSSR count). The molecular formula is C22H22FN5O3. The molecule has 1 amide bonds. The number of aryl methyl sites for hydroxylation is 1. The van der Waals surface area contributed by atoms with Crippen molar-refractivity contribution in [3.8, 4) is 17.2 Å². The molecule has 1 fully saturated rings. The maximum absolute atomic E-state index is 14.6. The van der Waals surface area contributed by atoms with Gasteiger partial charge in [-0.25, -0.2) is 4.39 Å². The van der Waals surface area contributed by atoms with Crippen LogP contribution in [-0.2, 0) is 10.2 Å². The molecule has 8 nitrogen and oxygen atoms in total. The van der Waals surface area contributed by atoms with Gasteiger partial charge in [0, 0.05) is 0 Å². The number of carbonyl (C=O) groups excluding carboxylic acids is 1. The number of carbonyl (C=O) groups is 1. The second-order valence-corrected chi connectivity index (χ2v) is 7.90. The molecule has 1 saturated carbocycles. The van der Waals surface area contributed by atoms with E-state index < -0.39 is 11.2 Å². The van der Waals surface area contributed by atoms with Gasteiger partial charge in [0.25, 0.3) is 0 Å². The zero-order valence-corrected chi connectivity index (χ0v) is 17.1. The Balaban J connectivity index is 1.48. The number of amides is 1. The van der Waals surface area contributed by atoms with Gasteiger partial charge in [0.1, 0.15) is 19.0 Å². The summed E-state index contributed by atoms with van der Waals surface area (Å²) in [4.78, 5) is 13.5. The second-order valence-electron chi connectivity index (χ2n) is 7.90. The van der Waals surface area contributed by atoms with Crippen molar-refractivity contribution in [3.05, 3.63) is 53.6 Å². The number of halogens is 1. The van der Waals surface area contributed by atoms with Crippen LogP contribution in [0.5, 0.6) is 11.5 Å². The summed E-state index contributed by atoms with van der Waals surface area (Å²) in [6, 6.07) is 10.1. The van der Waals surface area contributed by atoms with Crippen LogP contribution in [-0.4, -0.2) is 39.3 Å². The third-order valence-corrected chi connectivity index (χ3v) is 6.05. The molecule has 0 saturated heterocycles. The number of fused-ring (bicyclic) bond motifs is 1. The predicted octanol–water partition coefficient (Wildman–Crippen LogP) is 3.33. The molecule has 2 aliphatic rings. The van der Waals surface area contributed by atoms with Gasteiger partial charge >= 0.3 is 0 Å². The van der Waals surface area contributed by atoms with Gasteiger partial charge in [-0.1, -0.05) is 18.9 Å². The van der Waals surface area contributed by atoms with Gasteiger partial charge in [-0.05, 0) is 66.1 Å². The Labute approximate surface area is 178 Å². The minimum Gasteiger partial charge on any atom is -0.486 e. The third-order valence-electron chi connectivity index (χ3n) is 6.05. The maximum Gasteiger partial charge on any atom is 0.235 e. The van der Waals surface area contributed by atoms with E-state index in [1.165, 1.54) is 10.7 Å². The molecular weight excluding hydrogens is 401 g/mol. The van der Waals surface area contributed by atoms with Crippen molar-refractivity contribution in [2.45, 2.75) is 38.0 Å². The fourth-order valence-electron chi connectivity index (χ4n) is 4.42. The zero-order chi connectivity index (χ0) is 21.4. The molecule has 0 unspecified atom stereocenters. The van der Waals surface area contributed by atoms with Crippen LogP contribution in [0.15, 0.2) is 36.4 Å². The highest BCUT2D eigenvalue weighted by Crippen LogP contribution is 2.45. The smallest absolute Gasteiger partial charge is 0.235 e. The SMILES string of the molecule is Cc1nnnn1-c1ccc(F)c(NC(=O)C2(c3ccc4c(c3)OCCO4)CCCC2)c1.